The molecule has 3 aromatic rings. The maximum atomic E-state index is 12.1. The third kappa shape index (κ3) is 3.63. The number of aryl methyl sites for hydroxylation is 1. The van der Waals surface area contributed by atoms with E-state index in [1.54, 1.807) is 23.0 Å². The maximum absolute atomic E-state index is 12.1. The molecular weight excluding hydrogens is 302 g/mol. The number of carbonyl (C=O) groups excluding carboxylic acids is 1. The summed E-state index contributed by atoms with van der Waals surface area (Å²) < 4.78 is 1.80. The molecule has 0 atom stereocenters. The van der Waals surface area contributed by atoms with E-state index in [-0.39, 0.29) is 11.7 Å². The van der Waals surface area contributed by atoms with E-state index in [0.29, 0.717) is 12.1 Å². The number of aromatic nitrogens is 2. The van der Waals surface area contributed by atoms with Crippen molar-refractivity contribution in [3.8, 4) is 11.4 Å². The smallest absolute Gasteiger partial charge is 0.255 e. The summed E-state index contributed by atoms with van der Waals surface area (Å²) in [7, 11) is 0. The fourth-order valence-electron chi connectivity index (χ4n) is 2.49. The second kappa shape index (κ2) is 7.00. The lowest BCUT2D eigenvalue weighted by Gasteiger charge is -2.08. The first kappa shape index (κ1) is 15.8. The molecule has 1 aromatic heterocycles. The summed E-state index contributed by atoms with van der Waals surface area (Å²) in [5.74, 6) is -0.253. The van der Waals surface area contributed by atoms with Crippen molar-refractivity contribution in [1.82, 2.24) is 15.1 Å². The van der Waals surface area contributed by atoms with Crippen LogP contribution < -0.4 is 5.32 Å². The van der Waals surface area contributed by atoms with Gasteiger partial charge in [0.2, 0.25) is 0 Å². The molecule has 0 bridgehead atoms. The molecule has 2 N–H and O–H groups in total. The van der Waals surface area contributed by atoms with Crippen LogP contribution in [-0.2, 0) is 6.42 Å². The van der Waals surface area contributed by atoms with Gasteiger partial charge in [0.05, 0.1) is 11.3 Å². The summed E-state index contributed by atoms with van der Waals surface area (Å²) in [6.07, 6.45) is 4.35. The average Bonchev–Trinajstić information content (AvgIpc) is 3.10. The number of rotatable bonds is 5. The number of benzene rings is 2. The number of phenols is 1. The van der Waals surface area contributed by atoms with Crippen molar-refractivity contribution in [3.63, 3.8) is 0 Å². The highest BCUT2D eigenvalue weighted by molar-refractivity contribution is 5.96. The van der Waals surface area contributed by atoms with Gasteiger partial charge in [-0.05, 0) is 54.8 Å². The van der Waals surface area contributed by atoms with Crippen LogP contribution >= 0.6 is 0 Å². The quantitative estimate of drug-likeness (QED) is 0.759. The van der Waals surface area contributed by atoms with E-state index in [9.17, 15) is 9.90 Å². The van der Waals surface area contributed by atoms with E-state index >= 15 is 0 Å². The van der Waals surface area contributed by atoms with Gasteiger partial charge in [-0.25, -0.2) is 4.68 Å². The van der Waals surface area contributed by atoms with Crippen LogP contribution in [0.15, 0.2) is 60.9 Å². The summed E-state index contributed by atoms with van der Waals surface area (Å²) in [4.78, 5) is 12.1. The lowest BCUT2D eigenvalue weighted by Crippen LogP contribution is -2.25. The monoisotopic (exact) mass is 321 g/mol. The molecule has 0 spiro atoms. The van der Waals surface area contributed by atoms with Crippen molar-refractivity contribution in [1.29, 1.82) is 0 Å². The lowest BCUT2D eigenvalue weighted by atomic mass is 10.1. The van der Waals surface area contributed by atoms with Gasteiger partial charge in [0, 0.05) is 18.9 Å². The standard InChI is InChI=1S/C19H19N3O2/c1-14-3-8-17(18(23)13-14)19(24)20-11-9-15-4-6-16(7-5-15)22-12-2-10-21-22/h2-8,10,12-13,23H,9,11H2,1H3,(H,20,24). The van der Waals surface area contributed by atoms with E-state index in [1.165, 1.54) is 0 Å². The summed E-state index contributed by atoms with van der Waals surface area (Å²) in [6.45, 7) is 2.38. The van der Waals surface area contributed by atoms with Crippen LogP contribution in [0.5, 0.6) is 5.75 Å². The number of phenolic OH excluding ortho intramolecular Hbond substituents is 1. The first-order chi connectivity index (χ1) is 11.6. The number of carbonyl (C=O) groups is 1. The predicted octanol–water partition coefficient (Wildman–Crippen LogP) is 2.86. The molecule has 0 aliphatic rings. The third-order valence-electron chi connectivity index (χ3n) is 3.80. The Kier molecular flexibility index (Phi) is 4.61. The summed E-state index contributed by atoms with van der Waals surface area (Å²) in [5, 5.41) is 16.8. The second-order valence-electron chi connectivity index (χ2n) is 5.64. The predicted molar refractivity (Wildman–Crippen MR) is 92.4 cm³/mol. The molecular formula is C19H19N3O2. The van der Waals surface area contributed by atoms with Gasteiger partial charge in [-0.1, -0.05) is 18.2 Å². The molecule has 5 nitrogen and oxygen atoms in total. The topological polar surface area (TPSA) is 67.2 Å². The summed E-state index contributed by atoms with van der Waals surface area (Å²) >= 11 is 0. The molecule has 1 amide bonds. The van der Waals surface area contributed by atoms with Crippen LogP contribution in [0.2, 0.25) is 0 Å². The van der Waals surface area contributed by atoms with E-state index < -0.39 is 0 Å². The summed E-state index contributed by atoms with van der Waals surface area (Å²) in [5.41, 5.74) is 3.34. The number of aromatic hydroxyl groups is 1. The fraction of sp³-hybridized carbons (Fsp3) is 0.158. The highest BCUT2D eigenvalue weighted by atomic mass is 16.3. The molecule has 0 unspecified atom stereocenters. The van der Waals surface area contributed by atoms with Gasteiger partial charge in [0.25, 0.3) is 5.91 Å². The highest BCUT2D eigenvalue weighted by Crippen LogP contribution is 2.18. The molecule has 122 valence electrons. The van der Waals surface area contributed by atoms with Crippen LogP contribution in [0.25, 0.3) is 5.69 Å². The normalized spacial score (nSPS) is 10.5. The molecule has 3 rings (SSSR count). The van der Waals surface area contributed by atoms with Crippen LogP contribution in [0.1, 0.15) is 21.5 Å². The molecule has 24 heavy (non-hydrogen) atoms. The average molecular weight is 321 g/mol. The van der Waals surface area contributed by atoms with E-state index in [0.717, 1.165) is 23.2 Å². The van der Waals surface area contributed by atoms with Crippen LogP contribution in [0.3, 0.4) is 0 Å². The number of nitrogens with one attached hydrogen (secondary N) is 1. The zero-order valence-corrected chi connectivity index (χ0v) is 13.4. The minimum atomic E-state index is -0.263. The molecule has 5 heteroatoms. The minimum Gasteiger partial charge on any atom is -0.507 e. The first-order valence-corrected chi connectivity index (χ1v) is 7.80. The van der Waals surface area contributed by atoms with Crippen LogP contribution in [0.4, 0.5) is 0 Å². The van der Waals surface area contributed by atoms with Gasteiger partial charge in [-0.3, -0.25) is 4.79 Å². The van der Waals surface area contributed by atoms with Crippen molar-refractivity contribution in [2.24, 2.45) is 0 Å². The van der Waals surface area contributed by atoms with Gasteiger partial charge < -0.3 is 10.4 Å². The van der Waals surface area contributed by atoms with Crippen molar-refractivity contribution >= 4 is 5.91 Å². The summed E-state index contributed by atoms with van der Waals surface area (Å²) in [6, 6.07) is 14.9. The van der Waals surface area contributed by atoms with E-state index in [1.807, 2.05) is 49.5 Å². The Labute approximate surface area is 140 Å². The first-order valence-electron chi connectivity index (χ1n) is 7.80. The van der Waals surface area contributed by atoms with Crippen LogP contribution in [-0.4, -0.2) is 27.3 Å². The van der Waals surface area contributed by atoms with Crippen molar-refractivity contribution in [2.75, 3.05) is 6.54 Å². The van der Waals surface area contributed by atoms with Gasteiger partial charge in [-0.2, -0.15) is 5.10 Å². The van der Waals surface area contributed by atoms with Gasteiger partial charge in [-0.15, -0.1) is 0 Å². The number of nitrogens with zero attached hydrogens (tertiary/aromatic N) is 2. The molecule has 0 aliphatic carbocycles. The molecule has 2 aromatic carbocycles. The molecule has 1 heterocycles. The number of amides is 1. The Balaban J connectivity index is 1.55. The largest absolute Gasteiger partial charge is 0.507 e. The van der Waals surface area contributed by atoms with Gasteiger partial charge in [0.15, 0.2) is 0 Å². The Morgan fingerprint density at radius 2 is 2.00 bits per heavy atom. The Bertz CT molecular complexity index is 824. The van der Waals surface area contributed by atoms with E-state index in [2.05, 4.69) is 10.4 Å². The SMILES string of the molecule is Cc1ccc(C(=O)NCCc2ccc(-n3cccn3)cc2)c(O)c1. The fourth-order valence-corrected chi connectivity index (χ4v) is 2.49. The number of hydrogen-bond donors (Lipinski definition) is 2. The van der Waals surface area contributed by atoms with Gasteiger partial charge >= 0.3 is 0 Å². The van der Waals surface area contributed by atoms with Crippen molar-refractivity contribution < 1.29 is 9.90 Å². The molecule has 0 radical (unpaired) electrons. The zero-order chi connectivity index (χ0) is 16.9. The van der Waals surface area contributed by atoms with Crippen molar-refractivity contribution in [3.05, 3.63) is 77.6 Å². The molecule has 0 aliphatic heterocycles. The van der Waals surface area contributed by atoms with E-state index in [4.69, 9.17) is 0 Å². The number of hydrogen-bond acceptors (Lipinski definition) is 3. The Morgan fingerprint density at radius 1 is 1.21 bits per heavy atom. The highest BCUT2D eigenvalue weighted by Gasteiger charge is 2.10. The lowest BCUT2D eigenvalue weighted by molar-refractivity contribution is 0.0951. The molecule has 0 fully saturated rings. The van der Waals surface area contributed by atoms with Gasteiger partial charge in [0.1, 0.15) is 5.75 Å². The molecule has 0 saturated heterocycles. The third-order valence-corrected chi connectivity index (χ3v) is 3.80. The second-order valence-corrected chi connectivity index (χ2v) is 5.64. The maximum Gasteiger partial charge on any atom is 0.255 e. The zero-order valence-electron chi connectivity index (χ0n) is 13.4. The van der Waals surface area contributed by atoms with Crippen molar-refractivity contribution in [2.45, 2.75) is 13.3 Å². The Morgan fingerprint density at radius 3 is 2.67 bits per heavy atom. The molecule has 0 saturated carbocycles. The Hall–Kier alpha value is -3.08. The minimum absolute atomic E-state index is 0.0103. The van der Waals surface area contributed by atoms with Crippen LogP contribution in [0, 0.1) is 6.92 Å².